The summed E-state index contributed by atoms with van der Waals surface area (Å²) in [4.78, 5) is 11.5. The van der Waals surface area contributed by atoms with Gasteiger partial charge in [-0.05, 0) is 20.8 Å². The van der Waals surface area contributed by atoms with Gasteiger partial charge in [0.05, 0.1) is 11.5 Å². The standard InChI is InChI=1S/C11H20O5/c1-11(2,3)10(13)15-6-8-7(12)5-9(14-4)16-8/h7-9,12H,5-6H2,1-4H3/t7-,8+,9?/m0/s1. The molecule has 5 heteroatoms. The highest BCUT2D eigenvalue weighted by Crippen LogP contribution is 2.22. The van der Waals surface area contributed by atoms with E-state index in [-0.39, 0.29) is 12.6 Å². The van der Waals surface area contributed by atoms with Crippen LogP contribution >= 0.6 is 0 Å². The van der Waals surface area contributed by atoms with Crippen LogP contribution in [-0.4, -0.2) is 43.3 Å². The van der Waals surface area contributed by atoms with Crippen LogP contribution in [0.25, 0.3) is 0 Å². The van der Waals surface area contributed by atoms with Gasteiger partial charge in [-0.1, -0.05) is 0 Å². The number of carbonyl (C=O) groups excluding carboxylic acids is 1. The smallest absolute Gasteiger partial charge is 0.311 e. The summed E-state index contributed by atoms with van der Waals surface area (Å²) < 4.78 is 15.4. The largest absolute Gasteiger partial charge is 0.462 e. The van der Waals surface area contributed by atoms with E-state index in [9.17, 15) is 9.90 Å². The predicted molar refractivity (Wildman–Crippen MR) is 56.7 cm³/mol. The van der Waals surface area contributed by atoms with Crippen molar-refractivity contribution in [2.75, 3.05) is 13.7 Å². The maximum absolute atomic E-state index is 11.5. The molecule has 0 radical (unpaired) electrons. The Morgan fingerprint density at radius 3 is 2.56 bits per heavy atom. The summed E-state index contributed by atoms with van der Waals surface area (Å²) in [6.07, 6.45) is -1.13. The number of carbonyl (C=O) groups is 1. The van der Waals surface area contributed by atoms with E-state index in [4.69, 9.17) is 14.2 Å². The second kappa shape index (κ2) is 5.12. The third-order valence-electron chi connectivity index (χ3n) is 2.44. The fourth-order valence-electron chi connectivity index (χ4n) is 1.37. The lowest BCUT2D eigenvalue weighted by molar-refractivity contribution is -0.165. The van der Waals surface area contributed by atoms with E-state index in [0.717, 1.165) is 0 Å². The highest BCUT2D eigenvalue weighted by Gasteiger charge is 2.35. The molecule has 1 saturated heterocycles. The molecule has 1 aliphatic rings. The minimum Gasteiger partial charge on any atom is -0.462 e. The lowest BCUT2D eigenvalue weighted by Crippen LogP contribution is -2.31. The molecule has 1 rings (SSSR count). The van der Waals surface area contributed by atoms with Crippen molar-refractivity contribution in [3.05, 3.63) is 0 Å². The molecule has 1 N–H and O–H groups in total. The molecule has 0 aromatic rings. The quantitative estimate of drug-likeness (QED) is 0.725. The number of methoxy groups -OCH3 is 1. The molecule has 1 aliphatic heterocycles. The minimum atomic E-state index is -0.641. The SMILES string of the molecule is COC1C[C@H](O)[C@@H](COC(=O)C(C)(C)C)O1. The van der Waals surface area contributed by atoms with E-state index in [2.05, 4.69) is 0 Å². The first-order valence-corrected chi connectivity index (χ1v) is 5.38. The zero-order valence-electron chi connectivity index (χ0n) is 10.2. The molecule has 1 unspecified atom stereocenters. The van der Waals surface area contributed by atoms with Gasteiger partial charge >= 0.3 is 5.97 Å². The Bertz CT molecular complexity index is 245. The Labute approximate surface area is 95.7 Å². The summed E-state index contributed by atoms with van der Waals surface area (Å²) in [6, 6.07) is 0. The molecule has 16 heavy (non-hydrogen) atoms. The van der Waals surface area contributed by atoms with Crippen molar-refractivity contribution in [1.29, 1.82) is 0 Å². The van der Waals surface area contributed by atoms with Crippen molar-refractivity contribution < 1.29 is 24.1 Å². The molecule has 0 aliphatic carbocycles. The molecule has 0 bridgehead atoms. The molecular weight excluding hydrogens is 212 g/mol. The lowest BCUT2D eigenvalue weighted by atomic mass is 9.97. The predicted octanol–water partition coefficient (Wildman–Crippen LogP) is 0.698. The first kappa shape index (κ1) is 13.4. The van der Waals surface area contributed by atoms with Gasteiger partial charge in [0.2, 0.25) is 0 Å². The van der Waals surface area contributed by atoms with Crippen molar-refractivity contribution in [2.24, 2.45) is 5.41 Å². The number of esters is 1. The highest BCUT2D eigenvalue weighted by atomic mass is 16.7. The molecule has 0 saturated carbocycles. The maximum atomic E-state index is 11.5. The molecule has 0 aromatic carbocycles. The van der Waals surface area contributed by atoms with Gasteiger partial charge in [0.15, 0.2) is 6.29 Å². The van der Waals surface area contributed by atoms with E-state index in [1.807, 2.05) is 0 Å². The van der Waals surface area contributed by atoms with Crippen molar-refractivity contribution in [1.82, 2.24) is 0 Å². The van der Waals surface area contributed by atoms with E-state index in [0.29, 0.717) is 6.42 Å². The van der Waals surface area contributed by atoms with Crippen LogP contribution in [0.3, 0.4) is 0 Å². The van der Waals surface area contributed by atoms with Crippen LogP contribution in [0.15, 0.2) is 0 Å². The molecule has 1 heterocycles. The van der Waals surface area contributed by atoms with Crippen molar-refractivity contribution in [3.8, 4) is 0 Å². The van der Waals surface area contributed by atoms with Gasteiger partial charge in [0.1, 0.15) is 12.7 Å². The normalized spacial score (nSPS) is 30.4. The average molecular weight is 232 g/mol. The monoisotopic (exact) mass is 232 g/mol. The van der Waals surface area contributed by atoms with Gasteiger partial charge in [-0.3, -0.25) is 4.79 Å². The second-order valence-electron chi connectivity index (χ2n) is 4.99. The molecule has 0 spiro atoms. The fourth-order valence-corrected chi connectivity index (χ4v) is 1.37. The van der Waals surface area contributed by atoms with Gasteiger partial charge < -0.3 is 19.3 Å². The average Bonchev–Trinajstić information content (AvgIpc) is 2.54. The van der Waals surface area contributed by atoms with Gasteiger partial charge in [-0.15, -0.1) is 0 Å². The summed E-state index contributed by atoms with van der Waals surface area (Å²) in [5, 5.41) is 9.61. The second-order valence-corrected chi connectivity index (χ2v) is 4.99. The van der Waals surface area contributed by atoms with Crippen LogP contribution in [0, 0.1) is 5.41 Å². The van der Waals surface area contributed by atoms with Crippen LogP contribution in [0.4, 0.5) is 0 Å². The number of hydrogen-bond acceptors (Lipinski definition) is 5. The number of hydrogen-bond donors (Lipinski definition) is 1. The third kappa shape index (κ3) is 3.43. The minimum absolute atomic E-state index is 0.0666. The first-order valence-electron chi connectivity index (χ1n) is 5.38. The fraction of sp³-hybridized carbons (Fsp3) is 0.909. The molecule has 5 nitrogen and oxygen atoms in total. The Hall–Kier alpha value is -0.650. The number of aliphatic hydroxyl groups excluding tert-OH is 1. The Balaban J connectivity index is 2.36. The van der Waals surface area contributed by atoms with Crippen LogP contribution in [0.5, 0.6) is 0 Å². The molecule has 3 atom stereocenters. The summed E-state index contributed by atoms with van der Waals surface area (Å²) in [5.41, 5.74) is -0.537. The summed E-state index contributed by atoms with van der Waals surface area (Å²) in [6.45, 7) is 5.40. The Morgan fingerprint density at radius 2 is 2.12 bits per heavy atom. The topological polar surface area (TPSA) is 65.0 Å². The molecular formula is C11H20O5. The van der Waals surface area contributed by atoms with Crippen LogP contribution in [0.2, 0.25) is 0 Å². The number of ether oxygens (including phenoxy) is 3. The summed E-state index contributed by atoms with van der Waals surface area (Å²) in [7, 11) is 1.51. The number of rotatable bonds is 3. The van der Waals surface area contributed by atoms with E-state index >= 15 is 0 Å². The molecule has 0 amide bonds. The van der Waals surface area contributed by atoms with Crippen LogP contribution in [-0.2, 0) is 19.0 Å². The van der Waals surface area contributed by atoms with Crippen molar-refractivity contribution in [3.63, 3.8) is 0 Å². The third-order valence-corrected chi connectivity index (χ3v) is 2.44. The van der Waals surface area contributed by atoms with Crippen molar-refractivity contribution >= 4 is 5.97 Å². The zero-order chi connectivity index (χ0) is 12.3. The van der Waals surface area contributed by atoms with Crippen LogP contribution in [0.1, 0.15) is 27.2 Å². The van der Waals surface area contributed by atoms with Gasteiger partial charge in [0.25, 0.3) is 0 Å². The first-order chi connectivity index (χ1) is 7.34. The Kier molecular flexibility index (Phi) is 4.29. The zero-order valence-corrected chi connectivity index (χ0v) is 10.2. The molecule has 0 aromatic heterocycles. The molecule has 1 fully saturated rings. The Morgan fingerprint density at radius 1 is 1.50 bits per heavy atom. The number of aliphatic hydroxyl groups is 1. The lowest BCUT2D eigenvalue weighted by Gasteiger charge is -2.19. The van der Waals surface area contributed by atoms with Gasteiger partial charge in [-0.2, -0.15) is 0 Å². The van der Waals surface area contributed by atoms with E-state index < -0.39 is 23.9 Å². The van der Waals surface area contributed by atoms with E-state index in [1.165, 1.54) is 7.11 Å². The van der Waals surface area contributed by atoms with Crippen molar-refractivity contribution in [2.45, 2.75) is 45.7 Å². The summed E-state index contributed by atoms with van der Waals surface area (Å²) in [5.74, 6) is -0.302. The van der Waals surface area contributed by atoms with E-state index in [1.54, 1.807) is 20.8 Å². The maximum Gasteiger partial charge on any atom is 0.311 e. The molecule has 94 valence electrons. The van der Waals surface area contributed by atoms with Crippen LogP contribution < -0.4 is 0 Å². The van der Waals surface area contributed by atoms with Gasteiger partial charge in [-0.25, -0.2) is 0 Å². The summed E-state index contributed by atoms with van der Waals surface area (Å²) >= 11 is 0. The van der Waals surface area contributed by atoms with Gasteiger partial charge in [0, 0.05) is 13.5 Å². The highest BCUT2D eigenvalue weighted by molar-refractivity contribution is 5.75.